The van der Waals surface area contributed by atoms with Crippen molar-refractivity contribution in [2.24, 2.45) is 5.92 Å². The third-order valence-corrected chi connectivity index (χ3v) is 36.5. The van der Waals surface area contributed by atoms with E-state index in [1.807, 2.05) is 30.7 Å². The van der Waals surface area contributed by atoms with E-state index in [0.717, 1.165) is 17.8 Å². The second-order valence-corrected chi connectivity index (χ2v) is 43.6. The number of hydroxylamine groups is 5. The predicted octanol–water partition coefficient (Wildman–Crippen LogP) is 5.61. The Balaban J connectivity index is 0.000000263. The minimum Gasteiger partial charge on any atom is -0.494 e. The number of benzene rings is 5. The Labute approximate surface area is 794 Å². The van der Waals surface area contributed by atoms with Gasteiger partial charge >= 0.3 is 23.9 Å². The molecule has 5 aliphatic heterocycles. The summed E-state index contributed by atoms with van der Waals surface area (Å²) >= 11 is 0. The number of aliphatic carboxylic acids is 2. The number of hydrogen-bond acceptors (Lipinski definition) is 37. The Morgan fingerprint density at radius 2 is 0.562 bits per heavy atom. The van der Waals surface area contributed by atoms with Crippen molar-refractivity contribution in [3.05, 3.63) is 121 Å². The Morgan fingerprint density at radius 3 is 0.796 bits per heavy atom. The molecule has 762 valence electrons. The summed E-state index contributed by atoms with van der Waals surface area (Å²) in [4.78, 5) is 120. The average molecular weight is 2030 g/mol. The van der Waals surface area contributed by atoms with E-state index in [1.165, 1.54) is 139 Å². The Bertz CT molecular complexity index is 5400. The molecule has 5 aromatic rings. The number of nitrogens with zero attached hydrogens (tertiary/aromatic N) is 2. The van der Waals surface area contributed by atoms with Crippen LogP contribution in [0.15, 0.2) is 146 Å². The van der Waals surface area contributed by atoms with E-state index in [0.29, 0.717) is 81.9 Å². The number of carboxylic acid groups (broad SMARTS) is 2. The smallest absolute Gasteiger partial charge is 0.305 e. The van der Waals surface area contributed by atoms with Crippen LogP contribution in [0.4, 0.5) is 11.4 Å². The number of ether oxygens (including phenoxy) is 10. The number of methoxy groups -OCH3 is 2. The number of anilines is 2. The van der Waals surface area contributed by atoms with Gasteiger partial charge in [-0.25, -0.2) is 69.5 Å². The van der Waals surface area contributed by atoms with Gasteiger partial charge in [0.05, 0.1) is 58.5 Å². The van der Waals surface area contributed by atoms with Crippen LogP contribution in [0.5, 0.6) is 17.2 Å². The number of carboxylic acids is 2. The molecule has 5 heterocycles. The fourth-order valence-electron chi connectivity index (χ4n) is 15.4. The summed E-state index contributed by atoms with van der Waals surface area (Å²) in [5.41, 5.74) is 8.91. The van der Waals surface area contributed by atoms with E-state index >= 15 is 0 Å². The van der Waals surface area contributed by atoms with Crippen LogP contribution in [0.3, 0.4) is 0 Å². The van der Waals surface area contributed by atoms with Gasteiger partial charge in [-0.1, -0.05) is 13.8 Å². The molecule has 0 aromatic heterocycles. The molecule has 5 aromatic carbocycles. The van der Waals surface area contributed by atoms with Gasteiger partial charge in [-0.3, -0.25) is 74.0 Å². The highest BCUT2D eigenvalue weighted by atomic mass is 32.2. The molecular formula is C88H123N7O37S5. The van der Waals surface area contributed by atoms with Crippen molar-refractivity contribution < 1.29 is 174 Å². The van der Waals surface area contributed by atoms with Crippen molar-refractivity contribution in [3.8, 4) is 17.2 Å². The van der Waals surface area contributed by atoms with Gasteiger partial charge in [-0.2, -0.15) is 0 Å². The first-order valence-electron chi connectivity index (χ1n) is 43.8. The molecule has 0 spiro atoms. The number of carbonyl (C=O) groups excluding carboxylic acids is 8. The summed E-state index contributed by atoms with van der Waals surface area (Å²) in [5.74, 6) is -5.76. The summed E-state index contributed by atoms with van der Waals surface area (Å²) in [5, 5.41) is 62.5. The van der Waals surface area contributed by atoms with Crippen molar-refractivity contribution in [2.45, 2.75) is 197 Å². The minimum atomic E-state index is -4.07. The number of nitrogens with one attached hydrogen (secondary N) is 5. The molecule has 12 N–H and O–H groups in total. The number of sulfone groups is 5. The minimum absolute atomic E-state index is 0.00436. The molecule has 0 bridgehead atoms. The van der Waals surface area contributed by atoms with Crippen molar-refractivity contribution in [1.82, 2.24) is 27.4 Å². The Hall–Kier alpha value is -10.7. The molecule has 5 aliphatic rings. The van der Waals surface area contributed by atoms with Crippen molar-refractivity contribution >= 4 is 120 Å². The normalized spacial score (nSPS) is 16.6. The van der Waals surface area contributed by atoms with E-state index in [1.54, 1.807) is 31.3 Å². The molecule has 0 radical (unpaired) electrons. The molecule has 0 saturated carbocycles. The number of Topliss-reactive ketones (excluding diaryl/α,β-unsaturated/α-hetero) is 1. The van der Waals surface area contributed by atoms with E-state index in [4.69, 9.17) is 74.1 Å². The highest BCUT2D eigenvalue weighted by molar-refractivity contribution is 7.95. The monoisotopic (exact) mass is 2030 g/mol. The van der Waals surface area contributed by atoms with Gasteiger partial charge in [0.2, 0.25) is 0 Å². The fourth-order valence-corrected chi connectivity index (χ4v) is 25.1. The van der Waals surface area contributed by atoms with Crippen LogP contribution >= 0.6 is 0 Å². The van der Waals surface area contributed by atoms with Crippen LogP contribution in [-0.2, 0) is 130 Å². The van der Waals surface area contributed by atoms with E-state index < -0.39 is 114 Å². The van der Waals surface area contributed by atoms with Gasteiger partial charge < -0.3 is 67.4 Å². The lowest BCUT2D eigenvalue weighted by atomic mass is 9.98. The van der Waals surface area contributed by atoms with Crippen LogP contribution in [0.1, 0.15) is 149 Å². The molecule has 5 amide bonds. The zero-order valence-corrected chi connectivity index (χ0v) is 81.0. The van der Waals surface area contributed by atoms with Crippen molar-refractivity contribution in [2.75, 3.05) is 137 Å². The maximum atomic E-state index is 13.2. The standard InChI is InChI=1S/C20H29NO7S.C18H26N2O7S.C17H24N2O7S.C17H23NO8S.C16H21NO8S/c1-3-4-18(22)15(2)9-12-28-16-5-7-17(8-6-16)29(25,26)20(19(23)21-24)10-13-27-14-11-20;1-20(11-3-4-16(21)26-2)14-5-7-15(8-6-14)28(24,25)18(17(22)19-23)9-12-27-13-10-18;1-19(10-2-3-15(20)21)13-4-6-14(7-5-13)27(24,25)17(16(22)18-23)8-11-26-12-9-17;1-24-15(19)3-2-10-26-13-4-6-14(7-5-13)27(22,23)17(16(20)18-21)8-11-25-12-9-17;18-14(19)2-1-9-25-12-3-5-13(6-4-12)26(22,23)16(15(20)17-21)7-10-24-11-8-16/h5-8,15,24H,3-4,9-14H2,1-2H3,(H,21,23);5-8,23H,3-4,9-13H2,1-2H3,(H,19,22);4-7,23H,2-3,8-12H2,1H3,(H,18,22)(H,20,21);4-7,21H,2-3,8-12H2,1H3,(H,18,20);3-6,21H,1-2,7-11H2,(H,17,20)(H,18,19). The number of esters is 2. The first-order valence-corrected chi connectivity index (χ1v) is 51.2. The molecule has 5 fully saturated rings. The first-order chi connectivity index (χ1) is 65.0. The zero-order chi connectivity index (χ0) is 101. The van der Waals surface area contributed by atoms with E-state index in [-0.39, 0.29) is 211 Å². The molecule has 49 heteroatoms. The topological polar surface area (TPSA) is 642 Å². The molecule has 1 unspecified atom stereocenters. The second kappa shape index (κ2) is 54.1. The average Bonchev–Trinajstić information content (AvgIpc) is 0.769. The number of amides is 5. The lowest BCUT2D eigenvalue weighted by molar-refractivity contribution is -0.141. The predicted molar refractivity (Wildman–Crippen MR) is 485 cm³/mol. The van der Waals surface area contributed by atoms with Crippen LogP contribution in [0.25, 0.3) is 0 Å². The highest BCUT2D eigenvalue weighted by Crippen LogP contribution is 2.42. The fraction of sp³-hybridized carbons (Fsp3) is 0.545. The third-order valence-electron chi connectivity index (χ3n) is 23.9. The van der Waals surface area contributed by atoms with Crippen molar-refractivity contribution in [1.29, 1.82) is 0 Å². The molecule has 10 rings (SSSR count). The Kier molecular flexibility index (Phi) is 45.4. The van der Waals surface area contributed by atoms with Crippen LogP contribution in [-0.4, -0.2) is 289 Å². The summed E-state index contributed by atoms with van der Waals surface area (Å²) in [6.45, 7) is 6.82. The highest BCUT2D eigenvalue weighted by Gasteiger charge is 2.57. The number of carbonyl (C=O) groups is 10. The quantitative estimate of drug-likeness (QED) is 0.00976. The van der Waals surface area contributed by atoms with Gasteiger partial charge in [-0.05, 0) is 224 Å². The van der Waals surface area contributed by atoms with Crippen LogP contribution < -0.4 is 51.4 Å². The van der Waals surface area contributed by atoms with Gasteiger partial charge in [0.15, 0.2) is 72.9 Å². The van der Waals surface area contributed by atoms with E-state index in [2.05, 4.69) is 9.47 Å². The van der Waals surface area contributed by atoms with Gasteiger partial charge in [0, 0.05) is 143 Å². The van der Waals surface area contributed by atoms with E-state index in [9.17, 15) is 90.0 Å². The number of ketones is 1. The lowest BCUT2D eigenvalue weighted by Gasteiger charge is -2.34. The number of rotatable bonds is 42. The van der Waals surface area contributed by atoms with Crippen molar-refractivity contribution in [3.63, 3.8) is 0 Å². The SMILES string of the molecule is CCCC(=O)C(C)CCOc1ccc(S(=O)(=O)C2(C(=O)NO)CCOCC2)cc1.CN(CCCC(=O)O)c1ccc(S(=O)(=O)C2(C(=O)NO)CCOCC2)cc1.COC(=O)CCCN(C)c1ccc(S(=O)(=O)C2(C(=O)NO)CCOCC2)cc1.COC(=O)CCCOc1ccc(S(=O)(=O)C2(C(=O)NO)CCOCC2)cc1.O=C(O)CCCOc1ccc(S(=O)(=O)C2(C(=O)NO)CCOCC2)cc1. The molecule has 1 atom stereocenters. The molecule has 137 heavy (non-hydrogen) atoms. The Morgan fingerprint density at radius 1 is 0.343 bits per heavy atom. The molecule has 5 saturated heterocycles. The second-order valence-electron chi connectivity index (χ2n) is 32.3. The molecule has 44 nitrogen and oxygen atoms in total. The maximum Gasteiger partial charge on any atom is 0.305 e. The number of hydrogen-bond donors (Lipinski definition) is 12. The largest absolute Gasteiger partial charge is 0.494 e. The van der Waals surface area contributed by atoms with Gasteiger partial charge in [0.25, 0.3) is 29.5 Å². The molecule has 0 aliphatic carbocycles. The summed E-state index contributed by atoms with van der Waals surface area (Å²) in [7, 11) is -14.0. The molecular weight excluding hydrogens is 1910 g/mol. The van der Waals surface area contributed by atoms with Crippen LogP contribution in [0, 0.1) is 5.92 Å². The first kappa shape index (κ1) is 115. The zero-order valence-electron chi connectivity index (χ0n) is 76.9. The summed E-state index contributed by atoms with van der Waals surface area (Å²) < 4.78 is 174. The lowest BCUT2D eigenvalue weighted by Crippen LogP contribution is -2.54. The third kappa shape index (κ3) is 29.3. The van der Waals surface area contributed by atoms with Crippen LogP contribution in [0.2, 0.25) is 0 Å². The van der Waals surface area contributed by atoms with Gasteiger partial charge in [-0.15, -0.1) is 0 Å². The summed E-state index contributed by atoms with van der Waals surface area (Å²) in [6, 6.07) is 29.3. The maximum absolute atomic E-state index is 13.2. The van der Waals surface area contributed by atoms with Gasteiger partial charge in [0.1, 0.15) is 23.0 Å². The summed E-state index contributed by atoms with van der Waals surface area (Å²) in [6.07, 6.45) is 3.94.